The Hall–Kier alpha value is -0.640. The molecule has 100 valence electrons. The molecular formula is C13H18Cl2N2O. The fourth-order valence-corrected chi connectivity index (χ4v) is 2.81. The molecule has 2 rings (SSSR count). The van der Waals surface area contributed by atoms with Crippen molar-refractivity contribution in [3.63, 3.8) is 0 Å². The molecule has 18 heavy (non-hydrogen) atoms. The molecule has 1 aromatic rings. The van der Waals surface area contributed by atoms with Crippen molar-refractivity contribution >= 4 is 28.9 Å². The fraction of sp³-hybridized carbons (Fsp3) is 0.538. The smallest absolute Gasteiger partial charge is 0.139 e. The highest BCUT2D eigenvalue weighted by Crippen LogP contribution is 2.36. The standard InChI is InChI=1S/C13H18Cl2N2O/c1-3-9-8-17(5-4-16-9)12-7-13(18-2)11(15)6-10(12)14/h6-7,9,16H,3-5,8H2,1-2H3/t9-/m0/s1. The summed E-state index contributed by atoms with van der Waals surface area (Å²) in [5.41, 5.74) is 0.998. The second-order valence-corrected chi connectivity index (χ2v) is 5.26. The third-order valence-corrected chi connectivity index (χ3v) is 3.91. The first-order valence-corrected chi connectivity index (χ1v) is 6.92. The molecule has 1 aliphatic rings. The first-order chi connectivity index (χ1) is 8.65. The zero-order valence-electron chi connectivity index (χ0n) is 10.7. The lowest BCUT2D eigenvalue weighted by Crippen LogP contribution is -2.50. The van der Waals surface area contributed by atoms with Crippen LogP contribution in [0.1, 0.15) is 13.3 Å². The molecule has 3 nitrogen and oxygen atoms in total. The van der Waals surface area contributed by atoms with Crippen LogP contribution in [0.15, 0.2) is 12.1 Å². The second kappa shape index (κ2) is 6.00. The Kier molecular flexibility index (Phi) is 4.60. The summed E-state index contributed by atoms with van der Waals surface area (Å²) in [7, 11) is 1.62. The predicted octanol–water partition coefficient (Wildman–Crippen LogP) is 3.19. The van der Waals surface area contributed by atoms with E-state index in [0.29, 0.717) is 21.8 Å². The predicted molar refractivity (Wildman–Crippen MR) is 77.3 cm³/mol. The molecule has 1 N–H and O–H groups in total. The van der Waals surface area contributed by atoms with E-state index in [4.69, 9.17) is 27.9 Å². The van der Waals surface area contributed by atoms with E-state index in [2.05, 4.69) is 17.1 Å². The monoisotopic (exact) mass is 288 g/mol. The summed E-state index contributed by atoms with van der Waals surface area (Å²) in [6, 6.07) is 4.18. The average molecular weight is 289 g/mol. The fourth-order valence-electron chi connectivity index (χ4n) is 2.23. The summed E-state index contributed by atoms with van der Waals surface area (Å²) < 4.78 is 5.25. The molecule has 0 saturated carbocycles. The van der Waals surface area contributed by atoms with Crippen LogP contribution >= 0.6 is 23.2 Å². The SMILES string of the molecule is CC[C@H]1CN(c2cc(OC)c(Cl)cc2Cl)CCN1. The summed E-state index contributed by atoms with van der Waals surface area (Å²) >= 11 is 12.3. The number of hydrogen-bond acceptors (Lipinski definition) is 3. The number of methoxy groups -OCH3 is 1. The molecule has 1 heterocycles. The van der Waals surface area contributed by atoms with Crippen LogP contribution in [0.5, 0.6) is 5.75 Å². The van der Waals surface area contributed by atoms with Gasteiger partial charge in [-0.1, -0.05) is 30.1 Å². The Morgan fingerprint density at radius 1 is 1.39 bits per heavy atom. The Balaban J connectivity index is 2.26. The number of piperazine rings is 1. The molecule has 0 unspecified atom stereocenters. The first-order valence-electron chi connectivity index (χ1n) is 6.17. The lowest BCUT2D eigenvalue weighted by molar-refractivity contribution is 0.414. The van der Waals surface area contributed by atoms with E-state index in [9.17, 15) is 0 Å². The van der Waals surface area contributed by atoms with E-state index in [1.54, 1.807) is 13.2 Å². The normalized spacial score (nSPS) is 20.0. The maximum atomic E-state index is 6.28. The van der Waals surface area contributed by atoms with Gasteiger partial charge in [-0.05, 0) is 12.5 Å². The lowest BCUT2D eigenvalue weighted by atomic mass is 10.1. The molecule has 1 atom stereocenters. The van der Waals surface area contributed by atoms with Crippen LogP contribution < -0.4 is 15.0 Å². The Morgan fingerprint density at radius 3 is 2.83 bits per heavy atom. The van der Waals surface area contributed by atoms with E-state index in [1.807, 2.05) is 6.07 Å². The lowest BCUT2D eigenvalue weighted by Gasteiger charge is -2.35. The van der Waals surface area contributed by atoms with Crippen molar-refractivity contribution in [3.8, 4) is 5.75 Å². The minimum absolute atomic E-state index is 0.511. The van der Waals surface area contributed by atoms with E-state index >= 15 is 0 Å². The average Bonchev–Trinajstić information content (AvgIpc) is 2.39. The van der Waals surface area contributed by atoms with Crippen molar-refractivity contribution in [3.05, 3.63) is 22.2 Å². The summed E-state index contributed by atoms with van der Waals surface area (Å²) in [6.45, 7) is 5.06. The van der Waals surface area contributed by atoms with E-state index < -0.39 is 0 Å². The van der Waals surface area contributed by atoms with Crippen LogP contribution in [-0.2, 0) is 0 Å². The van der Waals surface area contributed by atoms with E-state index in [1.165, 1.54) is 0 Å². The van der Waals surface area contributed by atoms with Crippen LogP contribution in [0.4, 0.5) is 5.69 Å². The minimum atomic E-state index is 0.511. The van der Waals surface area contributed by atoms with Gasteiger partial charge >= 0.3 is 0 Å². The van der Waals surface area contributed by atoms with Crippen LogP contribution in [0, 0.1) is 0 Å². The highest BCUT2D eigenvalue weighted by Gasteiger charge is 2.21. The molecule has 0 amide bonds. The van der Waals surface area contributed by atoms with Gasteiger partial charge in [0.15, 0.2) is 0 Å². The van der Waals surface area contributed by atoms with Crippen molar-refractivity contribution < 1.29 is 4.74 Å². The molecule has 0 spiro atoms. The van der Waals surface area contributed by atoms with Gasteiger partial charge in [-0.15, -0.1) is 0 Å². The molecule has 0 aromatic heterocycles. The van der Waals surface area contributed by atoms with Crippen LogP contribution in [-0.4, -0.2) is 32.8 Å². The van der Waals surface area contributed by atoms with Gasteiger partial charge in [-0.25, -0.2) is 0 Å². The first kappa shape index (κ1) is 13.8. The van der Waals surface area contributed by atoms with Gasteiger partial charge < -0.3 is 15.0 Å². The van der Waals surface area contributed by atoms with Gasteiger partial charge in [0.1, 0.15) is 5.75 Å². The van der Waals surface area contributed by atoms with Crippen LogP contribution in [0.2, 0.25) is 10.0 Å². The number of halogens is 2. The van der Waals surface area contributed by atoms with Gasteiger partial charge in [0.25, 0.3) is 0 Å². The maximum Gasteiger partial charge on any atom is 0.139 e. The molecule has 0 radical (unpaired) electrons. The largest absolute Gasteiger partial charge is 0.495 e. The van der Waals surface area contributed by atoms with Gasteiger partial charge in [-0.2, -0.15) is 0 Å². The quantitative estimate of drug-likeness (QED) is 0.925. The van der Waals surface area contributed by atoms with Gasteiger partial charge in [0.05, 0.1) is 22.8 Å². The molecular weight excluding hydrogens is 271 g/mol. The summed E-state index contributed by atoms with van der Waals surface area (Å²) in [5.74, 6) is 0.669. The Bertz CT molecular complexity index is 426. The minimum Gasteiger partial charge on any atom is -0.495 e. The highest BCUT2D eigenvalue weighted by atomic mass is 35.5. The molecule has 1 saturated heterocycles. The molecule has 0 bridgehead atoms. The Morgan fingerprint density at radius 2 is 2.17 bits per heavy atom. The molecule has 1 aliphatic heterocycles. The van der Waals surface area contributed by atoms with E-state index in [0.717, 1.165) is 31.7 Å². The highest BCUT2D eigenvalue weighted by molar-refractivity contribution is 6.37. The summed E-state index contributed by atoms with van der Waals surface area (Å²) in [6.07, 6.45) is 1.11. The summed E-state index contributed by atoms with van der Waals surface area (Å²) in [4.78, 5) is 2.28. The topological polar surface area (TPSA) is 24.5 Å². The second-order valence-electron chi connectivity index (χ2n) is 4.44. The number of nitrogens with one attached hydrogen (secondary N) is 1. The zero-order valence-corrected chi connectivity index (χ0v) is 12.2. The van der Waals surface area contributed by atoms with Gasteiger partial charge in [0.2, 0.25) is 0 Å². The van der Waals surface area contributed by atoms with Crippen LogP contribution in [0.3, 0.4) is 0 Å². The summed E-state index contributed by atoms with van der Waals surface area (Å²) in [5, 5.41) is 4.71. The third kappa shape index (κ3) is 2.85. The Labute approximate surface area is 118 Å². The van der Waals surface area contributed by atoms with Crippen molar-refractivity contribution in [2.24, 2.45) is 0 Å². The van der Waals surface area contributed by atoms with Crippen LogP contribution in [0.25, 0.3) is 0 Å². The zero-order chi connectivity index (χ0) is 13.1. The van der Waals surface area contributed by atoms with Crippen molar-refractivity contribution in [1.29, 1.82) is 0 Å². The molecule has 1 fully saturated rings. The third-order valence-electron chi connectivity index (χ3n) is 3.31. The number of ether oxygens (including phenoxy) is 1. The van der Waals surface area contributed by atoms with E-state index in [-0.39, 0.29) is 0 Å². The van der Waals surface area contributed by atoms with Crippen molar-refractivity contribution in [2.45, 2.75) is 19.4 Å². The van der Waals surface area contributed by atoms with Gasteiger partial charge in [-0.3, -0.25) is 0 Å². The molecule has 0 aliphatic carbocycles. The maximum absolute atomic E-state index is 6.28. The van der Waals surface area contributed by atoms with Crippen molar-refractivity contribution in [1.82, 2.24) is 5.32 Å². The number of rotatable bonds is 3. The number of nitrogens with zero attached hydrogens (tertiary/aromatic N) is 1. The number of benzene rings is 1. The molecule has 1 aromatic carbocycles. The number of anilines is 1. The number of hydrogen-bond donors (Lipinski definition) is 1. The van der Waals surface area contributed by atoms with Gasteiger partial charge in [0, 0.05) is 31.7 Å². The molecule has 5 heteroatoms. The van der Waals surface area contributed by atoms with Crippen molar-refractivity contribution in [2.75, 3.05) is 31.6 Å².